The molecule has 7 nitrogen and oxygen atoms in total. The summed E-state index contributed by atoms with van der Waals surface area (Å²) in [4.78, 5) is 18.9. The van der Waals surface area contributed by atoms with Gasteiger partial charge in [-0.2, -0.15) is 17.5 Å². The lowest BCUT2D eigenvalue weighted by molar-refractivity contribution is -0.274. The Labute approximate surface area is 192 Å². The highest BCUT2D eigenvalue weighted by Gasteiger charge is 2.41. The molecule has 1 aromatic carbocycles. The van der Waals surface area contributed by atoms with E-state index in [0.717, 1.165) is 61.7 Å². The van der Waals surface area contributed by atoms with Crippen molar-refractivity contribution in [1.29, 1.82) is 0 Å². The number of likely N-dealkylation sites (tertiary alicyclic amines) is 1. The Hall–Kier alpha value is -3.13. The zero-order valence-electron chi connectivity index (χ0n) is 17.2. The number of nitrogens with zero attached hydrogens (tertiary/aromatic N) is 3. The number of ether oxygens (including phenoxy) is 1. The third-order valence-corrected chi connectivity index (χ3v) is 5.51. The minimum absolute atomic E-state index is 0.00986. The zero-order chi connectivity index (χ0) is 24.5. The topological polar surface area (TPSA) is 80.5 Å². The van der Waals surface area contributed by atoms with E-state index >= 15 is 0 Å². The number of halogens is 6. The monoisotopic (exact) mass is 506 g/mol. The van der Waals surface area contributed by atoms with Gasteiger partial charge in [-0.05, 0) is 44.1 Å². The van der Waals surface area contributed by atoms with Crippen molar-refractivity contribution in [1.82, 2.24) is 14.3 Å². The lowest BCUT2D eigenvalue weighted by Gasteiger charge is -2.10. The number of alkyl halides is 6. The number of aromatic nitrogens is 2. The first-order chi connectivity index (χ1) is 16.0. The van der Waals surface area contributed by atoms with Crippen LogP contribution >= 0.6 is 11.5 Å². The summed E-state index contributed by atoms with van der Waals surface area (Å²) in [7, 11) is 0. The van der Waals surface area contributed by atoms with Crippen LogP contribution in [0, 0.1) is 0 Å². The summed E-state index contributed by atoms with van der Waals surface area (Å²) in [6.45, 7) is 2.25. The molecule has 0 unspecified atom stereocenters. The fourth-order valence-corrected chi connectivity index (χ4v) is 4.01. The molecule has 0 saturated carbocycles. The minimum Gasteiger partial charge on any atom is -0.451 e. The van der Waals surface area contributed by atoms with E-state index in [9.17, 15) is 31.1 Å². The van der Waals surface area contributed by atoms with Gasteiger partial charge in [0.15, 0.2) is 5.82 Å². The first-order valence-corrected chi connectivity index (χ1v) is 10.7. The van der Waals surface area contributed by atoms with Gasteiger partial charge < -0.3 is 9.15 Å². The molecule has 0 spiro atoms. The summed E-state index contributed by atoms with van der Waals surface area (Å²) < 4.78 is 90.7. The van der Waals surface area contributed by atoms with E-state index in [1.165, 1.54) is 6.07 Å². The highest BCUT2D eigenvalue weighted by molar-refractivity contribution is 7.09. The molecule has 1 aliphatic rings. The number of nitrogens with one attached hydrogen (secondary N) is 1. The Bertz CT molecular complexity index is 1170. The predicted molar refractivity (Wildman–Crippen MR) is 108 cm³/mol. The molecular formula is C20H16F6N4O3S. The second kappa shape index (κ2) is 9.25. The quantitative estimate of drug-likeness (QED) is 0.441. The van der Waals surface area contributed by atoms with Crippen LogP contribution < -0.4 is 10.1 Å². The summed E-state index contributed by atoms with van der Waals surface area (Å²) >= 11 is 0.825. The Morgan fingerprint density at radius 2 is 1.88 bits per heavy atom. The van der Waals surface area contributed by atoms with Gasteiger partial charge in [-0.1, -0.05) is 12.1 Å². The maximum absolute atomic E-state index is 13.5. The average Bonchev–Trinajstić information content (AvgIpc) is 3.47. The Morgan fingerprint density at radius 1 is 1.15 bits per heavy atom. The summed E-state index contributed by atoms with van der Waals surface area (Å²) in [5.41, 5.74) is -0.990. The van der Waals surface area contributed by atoms with Crippen LogP contribution in [0.3, 0.4) is 0 Å². The molecule has 1 amide bonds. The molecule has 3 heterocycles. The molecule has 1 N–H and O–H groups in total. The van der Waals surface area contributed by atoms with E-state index < -0.39 is 41.3 Å². The van der Waals surface area contributed by atoms with Gasteiger partial charge in [0.05, 0.1) is 12.1 Å². The SMILES string of the molecule is O=C(Nc1nc(CN2CCCC2)ns1)c1cc(-c2cccc(OC(F)(F)F)c2)oc1C(F)(F)F. The van der Waals surface area contributed by atoms with Gasteiger partial charge in [-0.15, -0.1) is 13.2 Å². The van der Waals surface area contributed by atoms with Gasteiger partial charge in [-0.3, -0.25) is 15.0 Å². The second-order valence-corrected chi connectivity index (χ2v) is 8.13. The summed E-state index contributed by atoms with van der Waals surface area (Å²) in [5, 5.41) is 2.29. The number of furan rings is 1. The lowest BCUT2D eigenvalue weighted by Crippen LogP contribution is -2.19. The molecule has 0 bridgehead atoms. The Balaban J connectivity index is 1.56. The van der Waals surface area contributed by atoms with Crippen molar-refractivity contribution in [3.63, 3.8) is 0 Å². The molecule has 34 heavy (non-hydrogen) atoms. The minimum atomic E-state index is -5.03. The van der Waals surface area contributed by atoms with E-state index in [4.69, 9.17) is 4.42 Å². The molecule has 0 radical (unpaired) electrons. The van der Waals surface area contributed by atoms with Gasteiger partial charge in [0.2, 0.25) is 10.9 Å². The average molecular weight is 506 g/mol. The fraction of sp³-hybridized carbons (Fsp3) is 0.350. The molecule has 182 valence electrons. The lowest BCUT2D eigenvalue weighted by atomic mass is 10.1. The van der Waals surface area contributed by atoms with E-state index in [0.29, 0.717) is 12.4 Å². The third kappa shape index (κ3) is 5.86. The predicted octanol–water partition coefficient (Wildman–Crippen LogP) is 5.56. The Kier molecular flexibility index (Phi) is 6.53. The smallest absolute Gasteiger partial charge is 0.451 e. The number of carbonyl (C=O) groups excluding carboxylic acids is 1. The number of carbonyl (C=O) groups is 1. The number of rotatable bonds is 6. The Morgan fingerprint density at radius 3 is 2.56 bits per heavy atom. The largest absolute Gasteiger partial charge is 0.573 e. The molecule has 1 saturated heterocycles. The normalized spacial score (nSPS) is 15.0. The number of anilines is 1. The van der Waals surface area contributed by atoms with E-state index in [2.05, 4.69) is 24.3 Å². The van der Waals surface area contributed by atoms with Crippen molar-refractivity contribution < 1.29 is 40.3 Å². The van der Waals surface area contributed by atoms with Crippen LogP contribution in [-0.4, -0.2) is 39.6 Å². The molecule has 3 aromatic rings. The highest BCUT2D eigenvalue weighted by Crippen LogP contribution is 2.38. The molecule has 14 heteroatoms. The van der Waals surface area contributed by atoms with E-state index in [1.54, 1.807) is 0 Å². The first-order valence-electron chi connectivity index (χ1n) is 9.91. The van der Waals surface area contributed by atoms with Crippen LogP contribution in [0.5, 0.6) is 5.75 Å². The van der Waals surface area contributed by atoms with Crippen LogP contribution in [0.15, 0.2) is 34.7 Å². The highest BCUT2D eigenvalue weighted by atomic mass is 32.1. The van der Waals surface area contributed by atoms with Gasteiger partial charge >= 0.3 is 12.5 Å². The fourth-order valence-electron chi connectivity index (χ4n) is 3.43. The molecule has 0 atom stereocenters. The third-order valence-electron chi connectivity index (χ3n) is 4.84. The number of hydrogen-bond acceptors (Lipinski definition) is 7. The first kappa shape index (κ1) is 24.0. The van der Waals surface area contributed by atoms with Gasteiger partial charge in [0, 0.05) is 17.1 Å². The number of hydrogen-bond donors (Lipinski definition) is 1. The molecule has 0 aliphatic carbocycles. The molecule has 4 rings (SSSR count). The van der Waals surface area contributed by atoms with Gasteiger partial charge in [0.1, 0.15) is 11.5 Å². The van der Waals surface area contributed by atoms with Crippen molar-refractivity contribution in [2.45, 2.75) is 31.9 Å². The summed E-state index contributed by atoms with van der Waals surface area (Å²) in [6.07, 6.45) is -7.91. The van der Waals surface area contributed by atoms with Crippen LogP contribution in [0.25, 0.3) is 11.3 Å². The number of benzene rings is 1. The van der Waals surface area contributed by atoms with Crippen LogP contribution in [-0.2, 0) is 12.7 Å². The van der Waals surface area contributed by atoms with Gasteiger partial charge in [-0.25, -0.2) is 4.98 Å². The van der Waals surface area contributed by atoms with E-state index in [1.807, 2.05) is 0 Å². The molecular weight excluding hydrogens is 490 g/mol. The van der Waals surface area contributed by atoms with Crippen LogP contribution in [0.2, 0.25) is 0 Å². The van der Waals surface area contributed by atoms with Crippen molar-refractivity contribution in [2.75, 3.05) is 18.4 Å². The van der Waals surface area contributed by atoms with Crippen molar-refractivity contribution in [2.24, 2.45) is 0 Å². The van der Waals surface area contributed by atoms with Crippen molar-refractivity contribution in [3.05, 3.63) is 47.5 Å². The van der Waals surface area contributed by atoms with Gasteiger partial charge in [0.25, 0.3) is 5.91 Å². The maximum Gasteiger partial charge on any atom is 0.573 e. The molecule has 1 aliphatic heterocycles. The van der Waals surface area contributed by atoms with Crippen LogP contribution in [0.4, 0.5) is 31.5 Å². The van der Waals surface area contributed by atoms with E-state index in [-0.39, 0.29) is 10.7 Å². The summed E-state index contributed by atoms with van der Waals surface area (Å²) in [6, 6.07) is 5.00. The van der Waals surface area contributed by atoms with Crippen LogP contribution in [0.1, 0.15) is 34.8 Å². The van der Waals surface area contributed by atoms with Crippen molar-refractivity contribution >= 4 is 22.6 Å². The second-order valence-electron chi connectivity index (χ2n) is 7.38. The van der Waals surface area contributed by atoms with Crippen molar-refractivity contribution in [3.8, 4) is 17.1 Å². The number of amides is 1. The maximum atomic E-state index is 13.5. The zero-order valence-corrected chi connectivity index (χ0v) is 18.0. The summed E-state index contributed by atoms with van der Waals surface area (Å²) in [5.74, 6) is -3.41. The standard InChI is InChI=1S/C20H16F6N4O3S/c21-19(22,23)16-13(9-14(32-16)11-4-3-5-12(8-11)33-20(24,25)26)17(31)28-18-27-15(29-34-18)10-30-6-1-2-7-30/h3-5,8-9H,1-2,6-7,10H2,(H,27,28,29,31). The molecule has 1 fully saturated rings. The molecule has 2 aromatic heterocycles.